The molecule has 1 amide bonds. The van der Waals surface area contributed by atoms with Gasteiger partial charge in [-0.2, -0.15) is 0 Å². The predicted octanol–water partition coefficient (Wildman–Crippen LogP) is 4.25. The van der Waals surface area contributed by atoms with E-state index in [2.05, 4.69) is 39.7 Å². The quantitative estimate of drug-likeness (QED) is 0.661. The molecule has 2 aromatic carbocycles. The van der Waals surface area contributed by atoms with E-state index in [0.29, 0.717) is 11.5 Å². The maximum Gasteiger partial charge on any atom is 0.258 e. The van der Waals surface area contributed by atoms with Crippen LogP contribution < -0.4 is 10.6 Å². The van der Waals surface area contributed by atoms with Gasteiger partial charge < -0.3 is 10.6 Å². The second-order valence-corrected chi connectivity index (χ2v) is 6.37. The molecule has 2 N–H and O–H groups in total. The van der Waals surface area contributed by atoms with Crippen LogP contribution in [0.15, 0.2) is 60.9 Å². The van der Waals surface area contributed by atoms with Crippen molar-refractivity contribution in [1.29, 1.82) is 0 Å². The third kappa shape index (κ3) is 4.91. The summed E-state index contributed by atoms with van der Waals surface area (Å²) in [5.74, 6) is 0.322. The van der Waals surface area contributed by atoms with E-state index in [-0.39, 0.29) is 5.91 Å². The van der Waals surface area contributed by atoms with E-state index in [1.54, 1.807) is 12.4 Å². The van der Waals surface area contributed by atoms with E-state index in [1.807, 2.05) is 43.3 Å². The van der Waals surface area contributed by atoms with Crippen molar-refractivity contribution in [2.75, 3.05) is 17.2 Å². The minimum atomic E-state index is -0.199. The average Bonchev–Trinajstić information content (AvgIpc) is 2.71. The first-order valence-electron chi connectivity index (χ1n) is 9.17. The summed E-state index contributed by atoms with van der Waals surface area (Å²) in [6.07, 6.45) is 4.85. The summed E-state index contributed by atoms with van der Waals surface area (Å²) in [6, 6.07) is 16.3. The average molecular weight is 360 g/mol. The first-order chi connectivity index (χ1) is 13.2. The van der Waals surface area contributed by atoms with Crippen molar-refractivity contribution in [2.45, 2.75) is 26.7 Å². The van der Waals surface area contributed by atoms with E-state index < -0.39 is 0 Å². The van der Waals surface area contributed by atoms with Gasteiger partial charge in [-0.15, -0.1) is 0 Å². The molecule has 3 rings (SSSR count). The number of carbonyl (C=O) groups is 1. The summed E-state index contributed by atoms with van der Waals surface area (Å²) in [4.78, 5) is 21.0. The Balaban J connectivity index is 1.59. The molecule has 0 aliphatic rings. The number of aromatic nitrogens is 2. The maximum absolute atomic E-state index is 12.5. The third-order valence-electron chi connectivity index (χ3n) is 4.43. The molecule has 1 heterocycles. The zero-order chi connectivity index (χ0) is 19.1. The lowest BCUT2D eigenvalue weighted by Crippen LogP contribution is -2.16. The molecule has 1 aromatic heterocycles. The second-order valence-electron chi connectivity index (χ2n) is 6.37. The largest absolute Gasteiger partial charge is 0.354 e. The Morgan fingerprint density at radius 2 is 1.74 bits per heavy atom. The molecule has 0 unspecified atom stereocenters. The summed E-state index contributed by atoms with van der Waals surface area (Å²) in [5, 5.41) is 6.17. The fourth-order valence-electron chi connectivity index (χ4n) is 2.89. The normalized spacial score (nSPS) is 10.4. The highest BCUT2D eigenvalue weighted by Crippen LogP contribution is 2.21. The van der Waals surface area contributed by atoms with Gasteiger partial charge in [0, 0.05) is 24.6 Å². The number of hydrogen-bond donors (Lipinski definition) is 2. The summed E-state index contributed by atoms with van der Waals surface area (Å²) in [7, 11) is 0. The Hall–Kier alpha value is -3.21. The van der Waals surface area contributed by atoms with Gasteiger partial charge in [-0.3, -0.25) is 4.79 Å². The van der Waals surface area contributed by atoms with Crippen molar-refractivity contribution in [3.8, 4) is 0 Å². The van der Waals surface area contributed by atoms with Crippen LogP contribution in [0.5, 0.6) is 0 Å². The molecule has 3 aromatic rings. The topological polar surface area (TPSA) is 66.9 Å². The number of rotatable bonds is 7. The maximum atomic E-state index is 12.5. The predicted molar refractivity (Wildman–Crippen MR) is 109 cm³/mol. The Morgan fingerprint density at radius 3 is 2.44 bits per heavy atom. The number of anilines is 2. The van der Waals surface area contributed by atoms with Crippen LogP contribution in [0.3, 0.4) is 0 Å². The molecule has 0 aliphatic heterocycles. The van der Waals surface area contributed by atoms with Gasteiger partial charge in [0.25, 0.3) is 5.91 Å². The van der Waals surface area contributed by atoms with Crippen molar-refractivity contribution in [3.05, 3.63) is 83.2 Å². The first-order valence-corrected chi connectivity index (χ1v) is 9.17. The van der Waals surface area contributed by atoms with Gasteiger partial charge in [-0.25, -0.2) is 9.97 Å². The number of nitrogens with one attached hydrogen (secondary N) is 2. The van der Waals surface area contributed by atoms with E-state index in [1.165, 1.54) is 5.56 Å². The van der Waals surface area contributed by atoms with Crippen molar-refractivity contribution < 1.29 is 4.79 Å². The van der Waals surface area contributed by atoms with Crippen molar-refractivity contribution in [1.82, 2.24) is 9.97 Å². The molecule has 5 heteroatoms. The molecular formula is C22H24N4O. The molecule has 0 saturated heterocycles. The molecule has 0 spiro atoms. The van der Waals surface area contributed by atoms with E-state index in [0.717, 1.165) is 36.2 Å². The number of hydrogen-bond acceptors (Lipinski definition) is 4. The van der Waals surface area contributed by atoms with Crippen molar-refractivity contribution in [3.63, 3.8) is 0 Å². The fraction of sp³-hybridized carbons (Fsp3) is 0.227. The van der Waals surface area contributed by atoms with Crippen molar-refractivity contribution >= 4 is 17.5 Å². The monoisotopic (exact) mass is 360 g/mol. The number of para-hydroxylation sites is 1. The molecule has 27 heavy (non-hydrogen) atoms. The van der Waals surface area contributed by atoms with Crippen LogP contribution in [0, 0.1) is 6.92 Å². The fourth-order valence-corrected chi connectivity index (χ4v) is 2.89. The van der Waals surface area contributed by atoms with Crippen LogP contribution in [-0.4, -0.2) is 22.4 Å². The molecule has 0 atom stereocenters. The Labute approximate surface area is 159 Å². The second kappa shape index (κ2) is 8.94. The van der Waals surface area contributed by atoms with Gasteiger partial charge in [0.1, 0.15) is 0 Å². The molecule has 0 fully saturated rings. The van der Waals surface area contributed by atoms with Crippen LogP contribution in [0.25, 0.3) is 0 Å². The Morgan fingerprint density at radius 1 is 1.00 bits per heavy atom. The van der Waals surface area contributed by atoms with Gasteiger partial charge in [0.05, 0.1) is 5.56 Å². The molecule has 0 bridgehead atoms. The number of carbonyl (C=O) groups excluding carboxylic acids is 1. The van der Waals surface area contributed by atoms with Gasteiger partial charge in [-0.1, -0.05) is 55.5 Å². The summed E-state index contributed by atoms with van der Waals surface area (Å²) < 4.78 is 0. The van der Waals surface area contributed by atoms with Crippen LogP contribution in [0.4, 0.5) is 11.6 Å². The van der Waals surface area contributed by atoms with Gasteiger partial charge >= 0.3 is 0 Å². The highest BCUT2D eigenvalue weighted by molar-refractivity contribution is 6.04. The van der Waals surface area contributed by atoms with Crippen LogP contribution in [0.2, 0.25) is 0 Å². The zero-order valence-electron chi connectivity index (χ0n) is 15.7. The van der Waals surface area contributed by atoms with Crippen LogP contribution >= 0.6 is 0 Å². The molecule has 0 saturated carbocycles. The Kier molecular flexibility index (Phi) is 6.15. The lowest BCUT2D eigenvalue weighted by Gasteiger charge is -2.13. The number of benzene rings is 2. The molecule has 0 aliphatic carbocycles. The molecular weight excluding hydrogens is 336 g/mol. The summed E-state index contributed by atoms with van der Waals surface area (Å²) >= 11 is 0. The number of aryl methyl sites for hydroxylation is 2. The lowest BCUT2D eigenvalue weighted by molar-refractivity contribution is 0.102. The Bertz CT molecular complexity index is 892. The van der Waals surface area contributed by atoms with E-state index in [4.69, 9.17) is 0 Å². The van der Waals surface area contributed by atoms with Gasteiger partial charge in [0.2, 0.25) is 5.95 Å². The van der Waals surface area contributed by atoms with Crippen LogP contribution in [0.1, 0.15) is 34.0 Å². The van der Waals surface area contributed by atoms with Crippen LogP contribution in [-0.2, 0) is 12.8 Å². The highest BCUT2D eigenvalue weighted by Gasteiger charge is 2.11. The number of amides is 1. The van der Waals surface area contributed by atoms with E-state index in [9.17, 15) is 4.79 Å². The summed E-state index contributed by atoms with van der Waals surface area (Å²) in [5.41, 5.74) is 4.72. The minimum Gasteiger partial charge on any atom is -0.354 e. The van der Waals surface area contributed by atoms with E-state index >= 15 is 0 Å². The SMILES string of the molecule is CCc1cccc(C)c1NC(=O)c1cnc(NCCc2ccccc2)nc1. The van der Waals surface area contributed by atoms with Gasteiger partial charge in [0.15, 0.2) is 0 Å². The minimum absolute atomic E-state index is 0.199. The zero-order valence-corrected chi connectivity index (χ0v) is 15.7. The summed E-state index contributed by atoms with van der Waals surface area (Å²) in [6.45, 7) is 4.80. The van der Waals surface area contributed by atoms with Gasteiger partial charge in [-0.05, 0) is 36.5 Å². The molecule has 138 valence electrons. The third-order valence-corrected chi connectivity index (χ3v) is 4.43. The van der Waals surface area contributed by atoms with Crippen molar-refractivity contribution in [2.24, 2.45) is 0 Å². The standard InChI is InChI=1S/C22H24N4O/c1-3-18-11-7-8-16(2)20(18)26-21(27)19-14-24-22(25-15-19)23-13-12-17-9-5-4-6-10-17/h4-11,14-15H,3,12-13H2,1-2H3,(H,26,27)(H,23,24,25). The highest BCUT2D eigenvalue weighted by atomic mass is 16.1. The molecule has 0 radical (unpaired) electrons. The number of nitrogens with zero attached hydrogens (tertiary/aromatic N) is 2. The molecule has 5 nitrogen and oxygen atoms in total. The lowest BCUT2D eigenvalue weighted by atomic mass is 10.1. The first kappa shape index (κ1) is 18.6. The smallest absolute Gasteiger partial charge is 0.258 e.